The van der Waals surface area contributed by atoms with Crippen molar-refractivity contribution in [1.29, 1.82) is 0 Å². The molecule has 5 nitrogen and oxygen atoms in total. The van der Waals surface area contributed by atoms with Gasteiger partial charge in [0.15, 0.2) is 0 Å². The molecule has 2 N–H and O–H groups in total. The zero-order chi connectivity index (χ0) is 19.5. The van der Waals surface area contributed by atoms with Crippen molar-refractivity contribution >= 4 is 27.3 Å². The largest absolute Gasteiger partial charge is 0.416 e. The van der Waals surface area contributed by atoms with Crippen LogP contribution in [0.25, 0.3) is 0 Å². The summed E-state index contributed by atoms with van der Waals surface area (Å²) in [6.45, 7) is 3.46. The SMILES string of the molecule is CC(C)C(=O)Nc1ccc(NS(=O)(=O)c2cccc(C(F)(F)F)c2)cc1. The molecular formula is C17H17F3N2O3S. The molecule has 140 valence electrons. The van der Waals surface area contributed by atoms with Gasteiger partial charge in [0.05, 0.1) is 10.5 Å². The van der Waals surface area contributed by atoms with Gasteiger partial charge in [-0.3, -0.25) is 9.52 Å². The highest BCUT2D eigenvalue weighted by molar-refractivity contribution is 7.92. The van der Waals surface area contributed by atoms with Gasteiger partial charge in [-0.15, -0.1) is 0 Å². The van der Waals surface area contributed by atoms with Gasteiger partial charge in [-0.05, 0) is 42.5 Å². The highest BCUT2D eigenvalue weighted by Gasteiger charge is 2.31. The number of halogens is 3. The lowest BCUT2D eigenvalue weighted by molar-refractivity contribution is -0.137. The van der Waals surface area contributed by atoms with Crippen LogP contribution in [0.2, 0.25) is 0 Å². The lowest BCUT2D eigenvalue weighted by Gasteiger charge is -2.12. The number of benzene rings is 2. The van der Waals surface area contributed by atoms with Crippen LogP contribution in [0.1, 0.15) is 19.4 Å². The first-order valence-corrected chi connectivity index (χ1v) is 9.08. The minimum Gasteiger partial charge on any atom is -0.326 e. The van der Waals surface area contributed by atoms with Gasteiger partial charge >= 0.3 is 6.18 Å². The monoisotopic (exact) mass is 386 g/mol. The number of carbonyl (C=O) groups excluding carboxylic acids is 1. The third-order valence-electron chi connectivity index (χ3n) is 3.40. The first kappa shape index (κ1) is 19.8. The van der Waals surface area contributed by atoms with Crippen molar-refractivity contribution in [3.05, 3.63) is 54.1 Å². The Balaban J connectivity index is 2.18. The maximum Gasteiger partial charge on any atom is 0.416 e. The molecule has 0 aliphatic rings. The first-order chi connectivity index (χ1) is 12.0. The Morgan fingerprint density at radius 3 is 2.12 bits per heavy atom. The third-order valence-corrected chi connectivity index (χ3v) is 4.78. The lowest BCUT2D eigenvalue weighted by Crippen LogP contribution is -2.18. The summed E-state index contributed by atoms with van der Waals surface area (Å²) >= 11 is 0. The van der Waals surface area contributed by atoms with Crippen LogP contribution in [0.15, 0.2) is 53.4 Å². The molecule has 0 aromatic heterocycles. The van der Waals surface area contributed by atoms with Crippen LogP contribution in [0, 0.1) is 5.92 Å². The van der Waals surface area contributed by atoms with Gasteiger partial charge in [-0.1, -0.05) is 19.9 Å². The summed E-state index contributed by atoms with van der Waals surface area (Å²) in [4.78, 5) is 11.1. The summed E-state index contributed by atoms with van der Waals surface area (Å²) in [5, 5.41) is 2.65. The molecule has 0 bridgehead atoms. The molecule has 0 saturated carbocycles. The van der Waals surface area contributed by atoms with Crippen molar-refractivity contribution in [3.8, 4) is 0 Å². The van der Waals surface area contributed by atoms with Gasteiger partial charge in [-0.25, -0.2) is 8.42 Å². The zero-order valence-electron chi connectivity index (χ0n) is 14.0. The quantitative estimate of drug-likeness (QED) is 0.812. The standard InChI is InChI=1S/C17H17F3N2O3S/c1-11(2)16(23)21-13-6-8-14(9-7-13)22-26(24,25)15-5-3-4-12(10-15)17(18,19)20/h3-11,22H,1-2H3,(H,21,23). The fraction of sp³-hybridized carbons (Fsp3) is 0.235. The van der Waals surface area contributed by atoms with Gasteiger partial charge in [0.1, 0.15) is 0 Å². The predicted molar refractivity (Wildman–Crippen MR) is 92.2 cm³/mol. The minimum atomic E-state index is -4.64. The van der Waals surface area contributed by atoms with Crippen molar-refractivity contribution in [2.24, 2.45) is 5.92 Å². The summed E-state index contributed by atoms with van der Waals surface area (Å²) in [6, 6.07) is 9.26. The van der Waals surface area contributed by atoms with Crippen LogP contribution >= 0.6 is 0 Å². The van der Waals surface area contributed by atoms with Gasteiger partial charge < -0.3 is 5.32 Å². The Morgan fingerprint density at radius 1 is 1.00 bits per heavy atom. The molecule has 0 fully saturated rings. The average Bonchev–Trinajstić information content (AvgIpc) is 2.55. The number of hydrogen-bond acceptors (Lipinski definition) is 3. The van der Waals surface area contributed by atoms with Crippen LogP contribution in [-0.4, -0.2) is 14.3 Å². The number of nitrogens with one attached hydrogen (secondary N) is 2. The number of hydrogen-bond donors (Lipinski definition) is 2. The molecule has 0 heterocycles. The molecule has 1 amide bonds. The van der Waals surface area contributed by atoms with Crippen LogP contribution in [-0.2, 0) is 21.0 Å². The van der Waals surface area contributed by atoms with E-state index in [1.165, 1.54) is 24.3 Å². The Kier molecular flexibility index (Phi) is 5.60. The van der Waals surface area contributed by atoms with Crippen molar-refractivity contribution < 1.29 is 26.4 Å². The molecule has 26 heavy (non-hydrogen) atoms. The Morgan fingerprint density at radius 2 is 1.58 bits per heavy atom. The molecule has 2 rings (SSSR count). The highest BCUT2D eigenvalue weighted by Crippen LogP contribution is 2.31. The van der Waals surface area contributed by atoms with E-state index in [0.29, 0.717) is 11.8 Å². The maximum absolute atomic E-state index is 12.7. The molecule has 0 unspecified atom stereocenters. The average molecular weight is 386 g/mol. The maximum atomic E-state index is 12.7. The van der Waals surface area contributed by atoms with E-state index in [1.54, 1.807) is 13.8 Å². The van der Waals surface area contributed by atoms with Crippen LogP contribution in [0.5, 0.6) is 0 Å². The zero-order valence-corrected chi connectivity index (χ0v) is 14.8. The van der Waals surface area contributed by atoms with Crippen molar-refractivity contribution in [3.63, 3.8) is 0 Å². The summed E-state index contributed by atoms with van der Waals surface area (Å²) in [5.74, 6) is -0.406. The van der Waals surface area contributed by atoms with E-state index in [4.69, 9.17) is 0 Å². The fourth-order valence-electron chi connectivity index (χ4n) is 1.96. The Labute approximate surface area is 149 Å². The minimum absolute atomic E-state index is 0.157. The second-order valence-electron chi connectivity index (χ2n) is 5.85. The topological polar surface area (TPSA) is 75.3 Å². The smallest absolute Gasteiger partial charge is 0.326 e. The van der Waals surface area contributed by atoms with Gasteiger partial charge in [0.25, 0.3) is 10.0 Å². The first-order valence-electron chi connectivity index (χ1n) is 7.60. The molecule has 0 saturated heterocycles. The van der Waals surface area contributed by atoms with Crippen LogP contribution < -0.4 is 10.0 Å². The number of sulfonamides is 1. The second kappa shape index (κ2) is 7.36. The van der Waals surface area contributed by atoms with Crippen molar-refractivity contribution in [2.75, 3.05) is 10.0 Å². The Bertz CT molecular complexity index is 892. The third kappa shape index (κ3) is 4.98. The van der Waals surface area contributed by atoms with E-state index in [0.717, 1.165) is 18.2 Å². The number of amides is 1. The van der Waals surface area contributed by atoms with Gasteiger partial charge in [0.2, 0.25) is 5.91 Å². The normalized spacial score (nSPS) is 12.1. The highest BCUT2D eigenvalue weighted by atomic mass is 32.2. The van der Waals surface area contributed by atoms with Gasteiger partial charge in [0, 0.05) is 17.3 Å². The molecule has 0 spiro atoms. The molecule has 9 heteroatoms. The van der Waals surface area contributed by atoms with Gasteiger partial charge in [-0.2, -0.15) is 13.2 Å². The van der Waals surface area contributed by atoms with Crippen molar-refractivity contribution in [2.45, 2.75) is 24.9 Å². The van der Waals surface area contributed by atoms with Crippen LogP contribution in [0.3, 0.4) is 0 Å². The second-order valence-corrected chi connectivity index (χ2v) is 7.53. The van der Waals surface area contributed by atoms with E-state index in [2.05, 4.69) is 10.0 Å². The molecule has 0 aliphatic heterocycles. The summed E-state index contributed by atoms with van der Waals surface area (Å²) in [6.07, 6.45) is -4.64. The number of rotatable bonds is 5. The molecule has 0 radical (unpaired) electrons. The van der Waals surface area contributed by atoms with E-state index in [9.17, 15) is 26.4 Å². The number of anilines is 2. The molecular weight excluding hydrogens is 369 g/mol. The van der Waals surface area contributed by atoms with E-state index in [1.807, 2.05) is 0 Å². The van der Waals surface area contributed by atoms with E-state index < -0.39 is 26.7 Å². The lowest BCUT2D eigenvalue weighted by atomic mass is 10.2. The number of carbonyl (C=O) groups is 1. The Hall–Kier alpha value is -2.55. The summed E-state index contributed by atoms with van der Waals surface area (Å²) in [7, 11) is -4.18. The van der Waals surface area contributed by atoms with E-state index in [-0.39, 0.29) is 17.5 Å². The van der Waals surface area contributed by atoms with Crippen molar-refractivity contribution in [1.82, 2.24) is 0 Å². The number of alkyl halides is 3. The predicted octanol–water partition coefficient (Wildman–Crippen LogP) is 4.10. The van der Waals surface area contributed by atoms with Crippen LogP contribution in [0.4, 0.5) is 24.5 Å². The molecule has 2 aromatic rings. The molecule has 0 aliphatic carbocycles. The summed E-state index contributed by atoms with van der Waals surface area (Å²) < 4.78 is 65.0. The fourth-order valence-corrected chi connectivity index (χ4v) is 3.07. The molecule has 2 aromatic carbocycles. The van der Waals surface area contributed by atoms with E-state index >= 15 is 0 Å². The molecule has 0 atom stereocenters. The summed E-state index contributed by atoms with van der Waals surface area (Å²) in [5.41, 5.74) is -0.414.